The third-order valence-electron chi connectivity index (χ3n) is 4.42. The SMILES string of the molecule is O=C(O)C(CC1CCc2c([nH]c3ccc(Cl)cc23)C1)C(=O)O. The van der Waals surface area contributed by atoms with Gasteiger partial charge in [-0.05, 0) is 55.4 Å². The number of aliphatic carboxylic acids is 2. The fourth-order valence-electron chi connectivity index (χ4n) is 3.32. The van der Waals surface area contributed by atoms with Gasteiger partial charge in [-0.1, -0.05) is 11.6 Å². The van der Waals surface area contributed by atoms with Gasteiger partial charge in [0, 0.05) is 21.6 Å². The fourth-order valence-corrected chi connectivity index (χ4v) is 3.49. The van der Waals surface area contributed by atoms with Crippen LogP contribution in [0.5, 0.6) is 0 Å². The predicted octanol–water partition coefficient (Wildman–Crippen LogP) is 3.10. The summed E-state index contributed by atoms with van der Waals surface area (Å²) in [7, 11) is 0. The van der Waals surface area contributed by atoms with Crippen LogP contribution in [-0.2, 0) is 22.4 Å². The summed E-state index contributed by atoms with van der Waals surface area (Å²) in [5.41, 5.74) is 3.31. The van der Waals surface area contributed by atoms with Crippen molar-refractivity contribution in [3.8, 4) is 0 Å². The Labute approximate surface area is 131 Å². The molecule has 0 amide bonds. The van der Waals surface area contributed by atoms with E-state index in [1.165, 1.54) is 5.56 Å². The van der Waals surface area contributed by atoms with Crippen molar-refractivity contribution < 1.29 is 19.8 Å². The smallest absolute Gasteiger partial charge is 0.317 e. The zero-order valence-electron chi connectivity index (χ0n) is 11.8. The van der Waals surface area contributed by atoms with Crippen molar-refractivity contribution in [3.05, 3.63) is 34.5 Å². The highest BCUT2D eigenvalue weighted by Gasteiger charge is 2.31. The molecule has 3 N–H and O–H groups in total. The molecule has 116 valence electrons. The molecular formula is C16H16ClNO4. The van der Waals surface area contributed by atoms with E-state index in [0.717, 1.165) is 29.4 Å². The molecule has 0 saturated heterocycles. The quantitative estimate of drug-likeness (QED) is 0.755. The average molecular weight is 322 g/mol. The van der Waals surface area contributed by atoms with E-state index in [2.05, 4.69) is 4.98 Å². The molecule has 2 aromatic rings. The van der Waals surface area contributed by atoms with Crippen LogP contribution in [-0.4, -0.2) is 27.1 Å². The van der Waals surface area contributed by atoms with Crippen molar-refractivity contribution in [1.82, 2.24) is 4.98 Å². The summed E-state index contributed by atoms with van der Waals surface area (Å²) >= 11 is 6.04. The normalized spacial score (nSPS) is 17.6. The number of halogens is 1. The van der Waals surface area contributed by atoms with E-state index < -0.39 is 17.9 Å². The van der Waals surface area contributed by atoms with E-state index in [9.17, 15) is 9.59 Å². The molecule has 0 spiro atoms. The summed E-state index contributed by atoms with van der Waals surface area (Å²) in [6.07, 6.45) is 2.45. The van der Waals surface area contributed by atoms with Crippen LogP contribution in [0.3, 0.4) is 0 Å². The van der Waals surface area contributed by atoms with E-state index in [1.807, 2.05) is 18.2 Å². The summed E-state index contributed by atoms with van der Waals surface area (Å²) in [6.45, 7) is 0. The van der Waals surface area contributed by atoms with E-state index in [-0.39, 0.29) is 12.3 Å². The first kappa shape index (κ1) is 14.9. The van der Waals surface area contributed by atoms with Crippen LogP contribution in [0.15, 0.2) is 18.2 Å². The van der Waals surface area contributed by atoms with Gasteiger partial charge in [0.25, 0.3) is 0 Å². The summed E-state index contributed by atoms with van der Waals surface area (Å²) in [5, 5.41) is 19.8. The number of aromatic amines is 1. The molecule has 3 rings (SSSR count). The predicted molar refractivity (Wildman–Crippen MR) is 82.2 cm³/mol. The third kappa shape index (κ3) is 2.68. The number of carboxylic acids is 2. The number of aryl methyl sites for hydroxylation is 1. The van der Waals surface area contributed by atoms with Crippen molar-refractivity contribution >= 4 is 34.4 Å². The van der Waals surface area contributed by atoms with Gasteiger partial charge >= 0.3 is 11.9 Å². The number of benzene rings is 1. The molecule has 0 fully saturated rings. The van der Waals surface area contributed by atoms with E-state index >= 15 is 0 Å². The van der Waals surface area contributed by atoms with E-state index in [1.54, 1.807) is 0 Å². The number of aromatic nitrogens is 1. The highest BCUT2D eigenvalue weighted by Crippen LogP contribution is 2.35. The second-order valence-corrected chi connectivity index (χ2v) is 6.28. The number of H-pyrrole nitrogens is 1. The van der Waals surface area contributed by atoms with Crippen molar-refractivity contribution in [2.75, 3.05) is 0 Å². The summed E-state index contributed by atoms with van der Waals surface area (Å²) in [5.74, 6) is -3.79. The van der Waals surface area contributed by atoms with Crippen LogP contribution >= 0.6 is 11.6 Å². The first-order chi connectivity index (χ1) is 10.5. The molecule has 1 aliphatic rings. The monoisotopic (exact) mass is 321 g/mol. The molecule has 1 atom stereocenters. The Morgan fingerprint density at radius 3 is 2.73 bits per heavy atom. The van der Waals surface area contributed by atoms with Gasteiger partial charge in [0.05, 0.1) is 0 Å². The molecule has 0 saturated carbocycles. The minimum Gasteiger partial charge on any atom is -0.481 e. The number of carbonyl (C=O) groups is 2. The van der Waals surface area contributed by atoms with Gasteiger partial charge in [-0.25, -0.2) is 0 Å². The Balaban J connectivity index is 1.83. The topological polar surface area (TPSA) is 90.4 Å². The fraction of sp³-hybridized carbons (Fsp3) is 0.375. The first-order valence-corrected chi connectivity index (χ1v) is 7.58. The second-order valence-electron chi connectivity index (χ2n) is 5.85. The molecule has 0 radical (unpaired) electrons. The number of nitrogens with one attached hydrogen (secondary N) is 1. The van der Waals surface area contributed by atoms with Crippen molar-refractivity contribution in [3.63, 3.8) is 0 Å². The van der Waals surface area contributed by atoms with Gasteiger partial charge in [-0.15, -0.1) is 0 Å². The van der Waals surface area contributed by atoms with Gasteiger partial charge in [-0.2, -0.15) is 0 Å². The Hall–Kier alpha value is -2.01. The largest absolute Gasteiger partial charge is 0.481 e. The van der Waals surface area contributed by atoms with Crippen LogP contribution in [0, 0.1) is 11.8 Å². The molecule has 1 aromatic heterocycles. The minimum atomic E-state index is -1.33. The van der Waals surface area contributed by atoms with Crippen molar-refractivity contribution in [1.29, 1.82) is 0 Å². The Morgan fingerprint density at radius 1 is 1.32 bits per heavy atom. The average Bonchev–Trinajstić information content (AvgIpc) is 2.81. The number of rotatable bonds is 4. The zero-order valence-corrected chi connectivity index (χ0v) is 12.6. The number of hydrogen-bond donors (Lipinski definition) is 3. The molecule has 0 aliphatic heterocycles. The molecule has 0 bridgehead atoms. The molecule has 6 heteroatoms. The molecular weight excluding hydrogens is 306 g/mol. The number of carboxylic acid groups (broad SMARTS) is 2. The van der Waals surface area contributed by atoms with Crippen LogP contribution in [0.2, 0.25) is 5.02 Å². The van der Waals surface area contributed by atoms with Gasteiger partial charge in [0.1, 0.15) is 0 Å². The molecule has 22 heavy (non-hydrogen) atoms. The molecule has 1 aliphatic carbocycles. The highest BCUT2D eigenvalue weighted by atomic mass is 35.5. The lowest BCUT2D eigenvalue weighted by molar-refractivity contribution is -0.155. The lowest BCUT2D eigenvalue weighted by Crippen LogP contribution is -2.28. The Bertz CT molecular complexity index is 738. The van der Waals surface area contributed by atoms with Gasteiger partial charge in [-0.3, -0.25) is 9.59 Å². The second kappa shape index (κ2) is 5.65. The third-order valence-corrected chi connectivity index (χ3v) is 4.65. The Morgan fingerprint density at radius 2 is 2.05 bits per heavy atom. The van der Waals surface area contributed by atoms with E-state index in [0.29, 0.717) is 11.4 Å². The van der Waals surface area contributed by atoms with Crippen LogP contribution in [0.4, 0.5) is 0 Å². The maximum absolute atomic E-state index is 11.0. The minimum absolute atomic E-state index is 0.0632. The van der Waals surface area contributed by atoms with Crippen molar-refractivity contribution in [2.24, 2.45) is 11.8 Å². The molecule has 1 heterocycles. The summed E-state index contributed by atoms with van der Waals surface area (Å²) in [4.78, 5) is 25.4. The summed E-state index contributed by atoms with van der Waals surface area (Å²) in [6, 6.07) is 5.69. The van der Waals surface area contributed by atoms with Crippen LogP contribution in [0.25, 0.3) is 10.9 Å². The maximum Gasteiger partial charge on any atom is 0.317 e. The van der Waals surface area contributed by atoms with Gasteiger partial charge in [0.2, 0.25) is 0 Å². The maximum atomic E-state index is 11.0. The zero-order chi connectivity index (χ0) is 15.9. The van der Waals surface area contributed by atoms with Crippen LogP contribution in [0.1, 0.15) is 24.1 Å². The highest BCUT2D eigenvalue weighted by molar-refractivity contribution is 6.31. The van der Waals surface area contributed by atoms with Crippen LogP contribution < -0.4 is 0 Å². The van der Waals surface area contributed by atoms with Gasteiger partial charge < -0.3 is 15.2 Å². The molecule has 1 unspecified atom stereocenters. The number of fused-ring (bicyclic) bond motifs is 3. The lowest BCUT2D eigenvalue weighted by Gasteiger charge is -2.23. The first-order valence-electron chi connectivity index (χ1n) is 7.20. The number of hydrogen-bond acceptors (Lipinski definition) is 2. The van der Waals surface area contributed by atoms with E-state index in [4.69, 9.17) is 21.8 Å². The van der Waals surface area contributed by atoms with Crippen molar-refractivity contribution in [2.45, 2.75) is 25.7 Å². The van der Waals surface area contributed by atoms with Gasteiger partial charge in [0.15, 0.2) is 5.92 Å². The summed E-state index contributed by atoms with van der Waals surface area (Å²) < 4.78 is 0. The Kier molecular flexibility index (Phi) is 3.83. The molecule has 5 nitrogen and oxygen atoms in total. The molecule has 1 aromatic carbocycles. The standard InChI is InChI=1S/C16H16ClNO4/c17-9-2-4-13-11(7-9)10-3-1-8(6-14(10)18-13)5-12(15(19)20)16(21)22/h2,4,7-8,12,18H,1,3,5-6H2,(H,19,20)(H,21,22). The lowest BCUT2D eigenvalue weighted by atomic mass is 9.81.